The molecule has 0 heterocycles. The van der Waals surface area contributed by atoms with Crippen LogP contribution < -0.4 is 0 Å². The van der Waals surface area contributed by atoms with Gasteiger partial charge in [-0.25, -0.2) is 0 Å². The molecule has 0 amide bonds. The number of hydrogen-bond donors (Lipinski definition) is 1. The minimum atomic E-state index is -0.480. The normalized spacial score (nSPS) is 18.5. The number of aliphatic hydroxyl groups is 1. The Morgan fingerprint density at radius 2 is 2.00 bits per heavy atom. The van der Waals surface area contributed by atoms with Crippen LogP contribution in [-0.4, -0.2) is 29.2 Å². The van der Waals surface area contributed by atoms with Crippen LogP contribution in [0.2, 0.25) is 5.02 Å². The van der Waals surface area contributed by atoms with Crippen molar-refractivity contribution in [2.24, 2.45) is 0 Å². The van der Waals surface area contributed by atoms with Gasteiger partial charge in [0.1, 0.15) is 0 Å². The van der Waals surface area contributed by atoms with Crippen LogP contribution in [0.1, 0.15) is 36.8 Å². The number of hydrogen-bond acceptors (Lipinski definition) is 2. The summed E-state index contributed by atoms with van der Waals surface area (Å²) >= 11 is 6.24. The van der Waals surface area contributed by atoms with Gasteiger partial charge in [0.25, 0.3) is 0 Å². The zero-order valence-corrected chi connectivity index (χ0v) is 12.0. The third-order valence-electron chi connectivity index (χ3n) is 3.75. The van der Waals surface area contributed by atoms with E-state index in [0.29, 0.717) is 0 Å². The first kappa shape index (κ1) is 13.9. The number of nitrogens with zero attached hydrogens (tertiary/aromatic N) is 1. The van der Waals surface area contributed by atoms with E-state index in [1.807, 2.05) is 20.0 Å². The summed E-state index contributed by atoms with van der Waals surface area (Å²) in [5.74, 6) is 0. The Kier molecular flexibility index (Phi) is 4.31. The molecular weight excluding hydrogens is 246 g/mol. The maximum Gasteiger partial charge on any atom is 0.0774 e. The Balaban J connectivity index is 1.96. The van der Waals surface area contributed by atoms with Gasteiger partial charge in [0.15, 0.2) is 0 Å². The summed E-state index contributed by atoms with van der Waals surface area (Å²) in [5.41, 5.74) is 1.83. The van der Waals surface area contributed by atoms with Crippen LogP contribution in [0.3, 0.4) is 0 Å². The molecule has 2 nitrogen and oxygen atoms in total. The molecule has 3 heteroatoms. The van der Waals surface area contributed by atoms with Gasteiger partial charge < -0.3 is 5.11 Å². The molecule has 1 aliphatic carbocycles. The van der Waals surface area contributed by atoms with E-state index in [2.05, 4.69) is 17.0 Å². The van der Waals surface area contributed by atoms with E-state index in [9.17, 15) is 5.11 Å². The van der Waals surface area contributed by atoms with Gasteiger partial charge in [-0.15, -0.1) is 0 Å². The zero-order chi connectivity index (χ0) is 13.2. The molecule has 1 aromatic carbocycles. The minimum absolute atomic E-state index is 0.480. The van der Waals surface area contributed by atoms with Crippen LogP contribution in [0.5, 0.6) is 0 Å². The molecule has 1 fully saturated rings. The van der Waals surface area contributed by atoms with E-state index in [1.165, 1.54) is 5.56 Å². The molecule has 0 atom stereocenters. The van der Waals surface area contributed by atoms with Crippen LogP contribution in [0.15, 0.2) is 18.2 Å². The van der Waals surface area contributed by atoms with Gasteiger partial charge in [-0.3, -0.25) is 4.90 Å². The van der Waals surface area contributed by atoms with E-state index < -0.39 is 5.60 Å². The highest BCUT2D eigenvalue weighted by molar-refractivity contribution is 6.31. The molecule has 2 rings (SSSR count). The van der Waals surface area contributed by atoms with E-state index in [-0.39, 0.29) is 0 Å². The predicted octanol–water partition coefficient (Wildman–Crippen LogP) is 3.39. The topological polar surface area (TPSA) is 23.5 Å². The highest BCUT2D eigenvalue weighted by atomic mass is 35.5. The van der Waals surface area contributed by atoms with Crippen molar-refractivity contribution < 1.29 is 5.11 Å². The van der Waals surface area contributed by atoms with Gasteiger partial charge in [-0.1, -0.05) is 36.6 Å². The quantitative estimate of drug-likeness (QED) is 0.904. The average molecular weight is 268 g/mol. The highest BCUT2D eigenvalue weighted by Gasteiger charge is 2.32. The van der Waals surface area contributed by atoms with Crippen LogP contribution in [0, 0.1) is 6.92 Å². The molecule has 0 bridgehead atoms. The molecule has 0 spiro atoms. The Labute approximate surface area is 115 Å². The Morgan fingerprint density at radius 1 is 1.33 bits per heavy atom. The first-order valence-corrected chi connectivity index (χ1v) is 7.02. The van der Waals surface area contributed by atoms with Gasteiger partial charge in [0.2, 0.25) is 0 Å². The first-order valence-electron chi connectivity index (χ1n) is 6.64. The Hall–Kier alpha value is -0.570. The lowest BCUT2D eigenvalue weighted by molar-refractivity contribution is 0.0145. The molecule has 100 valence electrons. The van der Waals surface area contributed by atoms with Crippen molar-refractivity contribution in [3.8, 4) is 0 Å². The smallest absolute Gasteiger partial charge is 0.0774 e. The van der Waals surface area contributed by atoms with Crippen LogP contribution in [-0.2, 0) is 6.54 Å². The summed E-state index contributed by atoms with van der Waals surface area (Å²) in [6, 6.07) is 6.15. The number of halogens is 1. The van der Waals surface area contributed by atoms with Crippen molar-refractivity contribution in [1.29, 1.82) is 0 Å². The second-order valence-electron chi connectivity index (χ2n) is 5.70. The Morgan fingerprint density at radius 3 is 2.61 bits per heavy atom. The van der Waals surface area contributed by atoms with Crippen molar-refractivity contribution in [2.45, 2.75) is 44.8 Å². The molecule has 1 aliphatic rings. The van der Waals surface area contributed by atoms with Crippen molar-refractivity contribution >= 4 is 11.6 Å². The van der Waals surface area contributed by atoms with E-state index >= 15 is 0 Å². The largest absolute Gasteiger partial charge is 0.389 e. The third-order valence-corrected chi connectivity index (χ3v) is 4.10. The van der Waals surface area contributed by atoms with Crippen molar-refractivity contribution in [3.63, 3.8) is 0 Å². The van der Waals surface area contributed by atoms with E-state index in [0.717, 1.165) is 49.4 Å². The predicted molar refractivity (Wildman–Crippen MR) is 75.9 cm³/mol. The van der Waals surface area contributed by atoms with Crippen molar-refractivity contribution in [3.05, 3.63) is 34.3 Å². The summed E-state index contributed by atoms with van der Waals surface area (Å²) in [6.07, 6.45) is 4.16. The molecule has 1 N–H and O–H groups in total. The maximum atomic E-state index is 10.4. The lowest BCUT2D eigenvalue weighted by atomic mass is 10.0. The molecule has 0 aromatic heterocycles. The van der Waals surface area contributed by atoms with Crippen LogP contribution in [0.4, 0.5) is 0 Å². The highest BCUT2D eigenvalue weighted by Crippen LogP contribution is 2.30. The lowest BCUT2D eigenvalue weighted by Gasteiger charge is -2.28. The SMILES string of the molecule is Cc1ccc(CN(C)CC2(O)CCCC2)c(Cl)c1. The maximum absolute atomic E-state index is 10.4. The second kappa shape index (κ2) is 5.60. The summed E-state index contributed by atoms with van der Waals surface area (Å²) in [5, 5.41) is 11.2. The van der Waals surface area contributed by atoms with E-state index in [4.69, 9.17) is 11.6 Å². The van der Waals surface area contributed by atoms with Crippen molar-refractivity contribution in [1.82, 2.24) is 4.90 Å². The Bertz CT molecular complexity index is 413. The first-order chi connectivity index (χ1) is 8.48. The molecular formula is C15H22ClNO. The molecule has 0 unspecified atom stereocenters. The summed E-state index contributed by atoms with van der Waals surface area (Å²) in [4.78, 5) is 2.17. The number of aryl methyl sites for hydroxylation is 1. The molecule has 0 aliphatic heterocycles. The van der Waals surface area contributed by atoms with Gasteiger partial charge in [-0.2, -0.15) is 0 Å². The average Bonchev–Trinajstić information content (AvgIpc) is 2.69. The molecule has 0 radical (unpaired) electrons. The molecule has 18 heavy (non-hydrogen) atoms. The fraction of sp³-hybridized carbons (Fsp3) is 0.600. The standard InChI is InChI=1S/C15H22ClNO/c1-12-5-6-13(14(16)9-12)10-17(2)11-15(18)7-3-4-8-15/h5-6,9,18H,3-4,7-8,10-11H2,1-2H3. The van der Waals surface area contributed by atoms with Crippen LogP contribution >= 0.6 is 11.6 Å². The van der Waals surface area contributed by atoms with Gasteiger partial charge in [0, 0.05) is 18.1 Å². The lowest BCUT2D eigenvalue weighted by Crippen LogP contribution is -2.38. The summed E-state index contributed by atoms with van der Waals surface area (Å²) < 4.78 is 0. The summed E-state index contributed by atoms with van der Waals surface area (Å²) in [7, 11) is 2.05. The van der Waals surface area contributed by atoms with Crippen molar-refractivity contribution in [2.75, 3.05) is 13.6 Å². The number of likely N-dealkylation sites (N-methyl/N-ethyl adjacent to an activating group) is 1. The zero-order valence-electron chi connectivity index (χ0n) is 11.2. The molecule has 1 saturated carbocycles. The fourth-order valence-electron chi connectivity index (χ4n) is 2.82. The number of benzene rings is 1. The molecule has 1 aromatic rings. The monoisotopic (exact) mass is 267 g/mol. The molecule has 0 saturated heterocycles. The second-order valence-corrected chi connectivity index (χ2v) is 6.11. The van der Waals surface area contributed by atoms with Gasteiger partial charge in [-0.05, 0) is 44.0 Å². The van der Waals surface area contributed by atoms with Gasteiger partial charge in [0.05, 0.1) is 5.60 Å². The van der Waals surface area contributed by atoms with Crippen LogP contribution in [0.25, 0.3) is 0 Å². The number of rotatable bonds is 4. The summed E-state index contributed by atoms with van der Waals surface area (Å²) in [6.45, 7) is 3.57. The fourth-order valence-corrected chi connectivity index (χ4v) is 3.12. The minimum Gasteiger partial charge on any atom is -0.389 e. The van der Waals surface area contributed by atoms with Gasteiger partial charge >= 0.3 is 0 Å². The third kappa shape index (κ3) is 3.47. The van der Waals surface area contributed by atoms with E-state index in [1.54, 1.807) is 0 Å².